The molecule has 0 unspecified atom stereocenters. The summed E-state index contributed by atoms with van der Waals surface area (Å²) in [5.41, 5.74) is 1.87. The quantitative estimate of drug-likeness (QED) is 0.183. The fourth-order valence-electron chi connectivity index (χ4n) is 3.79. The van der Waals surface area contributed by atoms with Crippen LogP contribution < -0.4 is 9.64 Å². The lowest BCUT2D eigenvalue weighted by Crippen LogP contribution is -2.31. The molecule has 2 saturated heterocycles. The van der Waals surface area contributed by atoms with Gasteiger partial charge in [-0.25, -0.2) is 0 Å². The maximum atomic E-state index is 6.65. The van der Waals surface area contributed by atoms with Gasteiger partial charge in [-0.3, -0.25) is 4.68 Å². The first kappa shape index (κ1) is 24.0. The number of thiocarbonyl (C=S) groups is 1. The Hall–Kier alpha value is -1.16. The van der Waals surface area contributed by atoms with Gasteiger partial charge in [-0.1, -0.05) is 55.1 Å². The summed E-state index contributed by atoms with van der Waals surface area (Å²) in [5.74, 6) is 0.769. The molecule has 0 radical (unpaired) electrons. The van der Waals surface area contributed by atoms with Crippen molar-refractivity contribution in [2.75, 3.05) is 38.1 Å². The SMILES string of the molecule is C[Si](C)(C)CCOCOc1ccc(Cl)c(Cl)c1[C@H]1CC(=S)N(c2cnn(C3COC3)c2)C1. The highest BCUT2D eigenvalue weighted by molar-refractivity contribution is 7.80. The van der Waals surface area contributed by atoms with Crippen LogP contribution in [-0.4, -0.2) is 56.0 Å². The molecule has 0 saturated carbocycles. The summed E-state index contributed by atoms with van der Waals surface area (Å²) in [4.78, 5) is 2.97. The van der Waals surface area contributed by atoms with E-state index >= 15 is 0 Å². The smallest absolute Gasteiger partial charge is 0.189 e. The second kappa shape index (κ2) is 9.99. The molecule has 1 atom stereocenters. The number of ether oxygens (including phenoxy) is 3. The summed E-state index contributed by atoms with van der Waals surface area (Å²) in [7, 11) is -1.14. The second-order valence-electron chi connectivity index (χ2n) is 9.53. The molecule has 1 aromatic heterocycles. The van der Waals surface area contributed by atoms with Gasteiger partial charge in [0.25, 0.3) is 0 Å². The Morgan fingerprint density at radius 1 is 1.25 bits per heavy atom. The van der Waals surface area contributed by atoms with Crippen molar-refractivity contribution in [1.29, 1.82) is 0 Å². The summed E-state index contributed by atoms with van der Waals surface area (Å²) in [5, 5.41) is 5.52. The second-order valence-corrected chi connectivity index (χ2v) is 16.4. The molecule has 4 rings (SSSR count). The molecule has 0 spiro atoms. The summed E-state index contributed by atoms with van der Waals surface area (Å²) in [6, 6.07) is 5.03. The van der Waals surface area contributed by atoms with E-state index in [4.69, 9.17) is 49.6 Å². The van der Waals surface area contributed by atoms with Crippen molar-refractivity contribution in [2.24, 2.45) is 0 Å². The average molecular weight is 515 g/mol. The highest BCUT2D eigenvalue weighted by atomic mass is 35.5. The lowest BCUT2D eigenvalue weighted by molar-refractivity contribution is -0.0286. The number of aromatic nitrogens is 2. The van der Waals surface area contributed by atoms with Gasteiger partial charge >= 0.3 is 0 Å². The van der Waals surface area contributed by atoms with E-state index < -0.39 is 8.07 Å². The lowest BCUT2D eigenvalue weighted by atomic mass is 9.97. The molecule has 0 aliphatic carbocycles. The van der Waals surface area contributed by atoms with Crippen molar-refractivity contribution in [2.45, 2.75) is 44.1 Å². The van der Waals surface area contributed by atoms with E-state index in [0.717, 1.165) is 22.3 Å². The Bertz CT molecular complexity index is 978. The van der Waals surface area contributed by atoms with Crippen LogP contribution in [0.25, 0.3) is 0 Å². The molecule has 0 N–H and O–H groups in total. The van der Waals surface area contributed by atoms with Crippen LogP contribution in [-0.2, 0) is 9.47 Å². The first-order chi connectivity index (χ1) is 15.2. The molecule has 2 aromatic rings. The molecular weight excluding hydrogens is 485 g/mol. The van der Waals surface area contributed by atoms with Crippen LogP contribution in [0, 0.1) is 0 Å². The standard InChI is InChI=1S/C22H29Cl2N3O3SSi/c1-32(2,3)7-6-28-14-30-19-5-4-18(23)22(24)21(19)15-8-20(31)26(10-15)16-9-25-27(11-16)17-12-29-13-17/h4-5,9,11,15,17H,6-8,10,12-14H2,1-3H3/t15-/m0/s1. The fourth-order valence-corrected chi connectivity index (χ4v) is 5.40. The van der Waals surface area contributed by atoms with E-state index in [1.165, 1.54) is 0 Å². The minimum atomic E-state index is -1.14. The minimum Gasteiger partial charge on any atom is -0.467 e. The van der Waals surface area contributed by atoms with Gasteiger partial charge in [0.15, 0.2) is 6.79 Å². The zero-order valence-corrected chi connectivity index (χ0v) is 22.0. The van der Waals surface area contributed by atoms with Crippen molar-refractivity contribution >= 4 is 54.2 Å². The maximum Gasteiger partial charge on any atom is 0.189 e. The van der Waals surface area contributed by atoms with Crippen LogP contribution in [0.3, 0.4) is 0 Å². The molecule has 1 aromatic carbocycles. The Labute approximate surface area is 205 Å². The molecule has 6 nitrogen and oxygen atoms in total. The van der Waals surface area contributed by atoms with Gasteiger partial charge in [0.05, 0.1) is 46.2 Å². The van der Waals surface area contributed by atoms with E-state index in [9.17, 15) is 0 Å². The number of halogens is 2. The molecule has 2 fully saturated rings. The third-order valence-corrected chi connectivity index (χ3v) is 8.72. The zero-order chi connectivity index (χ0) is 22.9. The first-order valence-electron chi connectivity index (χ1n) is 10.8. The third-order valence-electron chi connectivity index (χ3n) is 5.81. The Morgan fingerprint density at radius 2 is 2.03 bits per heavy atom. The number of nitrogens with zero attached hydrogens (tertiary/aromatic N) is 3. The molecule has 0 bridgehead atoms. The van der Waals surface area contributed by atoms with E-state index in [1.807, 2.05) is 23.1 Å². The number of rotatable bonds is 9. The molecule has 2 aliphatic heterocycles. The summed E-state index contributed by atoms with van der Waals surface area (Å²) in [6.45, 7) is 9.96. The molecule has 174 valence electrons. The van der Waals surface area contributed by atoms with E-state index in [2.05, 4.69) is 29.6 Å². The summed E-state index contributed by atoms with van der Waals surface area (Å²) < 4.78 is 18.9. The van der Waals surface area contributed by atoms with Gasteiger partial charge in [0, 0.05) is 45.3 Å². The number of anilines is 1. The van der Waals surface area contributed by atoms with Crippen LogP contribution in [0.2, 0.25) is 35.7 Å². The van der Waals surface area contributed by atoms with E-state index in [1.54, 1.807) is 6.07 Å². The van der Waals surface area contributed by atoms with Crippen LogP contribution in [0.1, 0.15) is 23.9 Å². The van der Waals surface area contributed by atoms with Crippen molar-refractivity contribution < 1.29 is 14.2 Å². The number of hydrogen-bond donors (Lipinski definition) is 0. The van der Waals surface area contributed by atoms with Gasteiger partial charge in [0.2, 0.25) is 0 Å². The topological polar surface area (TPSA) is 48.8 Å². The summed E-state index contributed by atoms with van der Waals surface area (Å²) in [6.07, 6.45) is 4.58. The van der Waals surface area contributed by atoms with E-state index in [0.29, 0.717) is 54.6 Å². The summed E-state index contributed by atoms with van der Waals surface area (Å²) >= 11 is 18.7. The number of hydrogen-bond acceptors (Lipinski definition) is 5. The predicted molar refractivity (Wildman–Crippen MR) is 135 cm³/mol. The Balaban J connectivity index is 1.45. The maximum absolute atomic E-state index is 6.65. The molecule has 10 heteroatoms. The van der Waals surface area contributed by atoms with Crippen molar-refractivity contribution in [1.82, 2.24) is 9.78 Å². The zero-order valence-electron chi connectivity index (χ0n) is 18.6. The lowest BCUT2D eigenvalue weighted by Gasteiger charge is -2.26. The number of benzene rings is 1. The van der Waals surface area contributed by atoms with Crippen LogP contribution in [0.5, 0.6) is 5.75 Å². The van der Waals surface area contributed by atoms with Gasteiger partial charge < -0.3 is 19.1 Å². The van der Waals surface area contributed by atoms with Gasteiger partial charge in [-0.05, 0) is 18.2 Å². The molecular formula is C22H29Cl2N3O3SSi. The highest BCUT2D eigenvalue weighted by Gasteiger charge is 2.34. The first-order valence-corrected chi connectivity index (χ1v) is 15.7. The fraction of sp³-hybridized carbons (Fsp3) is 0.545. The monoisotopic (exact) mass is 513 g/mol. The van der Waals surface area contributed by atoms with Crippen molar-refractivity contribution in [3.8, 4) is 5.75 Å². The molecule has 32 heavy (non-hydrogen) atoms. The Morgan fingerprint density at radius 3 is 2.72 bits per heavy atom. The van der Waals surface area contributed by atoms with Gasteiger partial charge in [0.1, 0.15) is 5.75 Å². The normalized spacial score (nSPS) is 19.5. The van der Waals surface area contributed by atoms with Gasteiger partial charge in [-0.2, -0.15) is 5.10 Å². The Kier molecular flexibility index (Phi) is 7.49. The average Bonchev–Trinajstić information content (AvgIpc) is 3.29. The molecule has 0 amide bonds. The molecule has 2 aliphatic rings. The largest absolute Gasteiger partial charge is 0.467 e. The van der Waals surface area contributed by atoms with Crippen LogP contribution >= 0.6 is 35.4 Å². The van der Waals surface area contributed by atoms with Crippen molar-refractivity contribution in [3.63, 3.8) is 0 Å². The predicted octanol–water partition coefficient (Wildman–Crippen LogP) is 5.77. The van der Waals surface area contributed by atoms with Crippen LogP contribution in [0.15, 0.2) is 24.5 Å². The van der Waals surface area contributed by atoms with Crippen molar-refractivity contribution in [3.05, 3.63) is 40.1 Å². The van der Waals surface area contributed by atoms with E-state index in [-0.39, 0.29) is 12.7 Å². The highest BCUT2D eigenvalue weighted by Crippen LogP contribution is 2.43. The third kappa shape index (κ3) is 5.48. The van der Waals surface area contributed by atoms with Crippen LogP contribution in [0.4, 0.5) is 5.69 Å². The van der Waals surface area contributed by atoms with Gasteiger partial charge in [-0.15, -0.1) is 0 Å². The molecule has 3 heterocycles. The minimum absolute atomic E-state index is 0.0704.